The smallest absolute Gasteiger partial charge is 0.0452 e. The fourth-order valence-electron chi connectivity index (χ4n) is 3.20. The molecule has 0 saturated heterocycles. The number of hydrogen-bond acceptors (Lipinski definition) is 2. The van der Waals surface area contributed by atoms with Gasteiger partial charge in [-0.05, 0) is 24.3 Å². The van der Waals surface area contributed by atoms with E-state index >= 15 is 0 Å². The molecule has 1 heterocycles. The molecule has 2 nitrogen and oxygen atoms in total. The molecule has 0 saturated carbocycles. The van der Waals surface area contributed by atoms with Gasteiger partial charge in [-0.1, -0.05) is 91.4 Å². The number of unbranched alkanes of at least 4 members (excludes halogenated alkanes) is 11. The lowest BCUT2D eigenvalue weighted by Gasteiger charge is -2.17. The minimum absolute atomic E-state index is 0.521. The highest BCUT2D eigenvalue weighted by molar-refractivity contribution is 5.39. The molecular formula is C23H41N2. The summed E-state index contributed by atoms with van der Waals surface area (Å²) < 4.78 is 0. The molecule has 1 radical (unpaired) electrons. The van der Waals surface area contributed by atoms with Crippen molar-refractivity contribution in [2.24, 2.45) is 5.41 Å². The number of rotatable bonds is 15. The normalized spacial score (nSPS) is 11.6. The molecule has 1 aromatic rings. The first kappa shape index (κ1) is 22.0. The number of aromatic nitrogens is 1. The minimum atomic E-state index is 0.521. The average Bonchev–Trinajstić information content (AvgIpc) is 2.58. The quantitative estimate of drug-likeness (QED) is 0.335. The highest BCUT2D eigenvalue weighted by Gasteiger charge is 2.08. The van der Waals surface area contributed by atoms with Crippen molar-refractivity contribution in [3.8, 4) is 0 Å². The highest BCUT2D eigenvalue weighted by atomic mass is 14.9. The zero-order chi connectivity index (χ0) is 18.2. The zero-order valence-corrected chi connectivity index (χ0v) is 17.1. The van der Waals surface area contributed by atoms with E-state index in [9.17, 15) is 0 Å². The highest BCUT2D eigenvalue weighted by Crippen LogP contribution is 2.22. The van der Waals surface area contributed by atoms with Crippen molar-refractivity contribution >= 4 is 5.69 Å². The van der Waals surface area contributed by atoms with Gasteiger partial charge in [-0.15, -0.1) is 0 Å². The molecule has 0 aliphatic carbocycles. The van der Waals surface area contributed by atoms with Crippen LogP contribution >= 0.6 is 0 Å². The summed E-state index contributed by atoms with van der Waals surface area (Å²) in [6.45, 7) is 8.10. The molecular weight excluding hydrogens is 304 g/mol. The molecule has 0 amide bonds. The van der Waals surface area contributed by atoms with E-state index in [1.54, 1.807) is 6.20 Å². The van der Waals surface area contributed by atoms with Crippen LogP contribution in [0.4, 0.5) is 5.69 Å². The third-order valence-corrected chi connectivity index (χ3v) is 4.79. The van der Waals surface area contributed by atoms with Gasteiger partial charge in [-0.2, -0.15) is 0 Å². The Labute approximate surface area is 157 Å². The molecule has 0 bridgehead atoms. The fraction of sp³-hybridized carbons (Fsp3) is 0.783. The predicted octanol–water partition coefficient (Wildman–Crippen LogP) is 7.41. The van der Waals surface area contributed by atoms with E-state index in [1.807, 2.05) is 12.3 Å². The molecule has 0 aliphatic heterocycles. The Kier molecular flexibility index (Phi) is 12.5. The zero-order valence-electron chi connectivity index (χ0n) is 17.1. The first-order chi connectivity index (χ1) is 12.1. The lowest BCUT2D eigenvalue weighted by Crippen LogP contribution is -2.03. The third kappa shape index (κ3) is 15.0. The van der Waals surface area contributed by atoms with Crippen molar-refractivity contribution in [3.05, 3.63) is 24.5 Å². The molecule has 0 spiro atoms. The summed E-state index contributed by atoms with van der Waals surface area (Å²) in [6.07, 6.45) is 21.8. The van der Waals surface area contributed by atoms with Crippen molar-refractivity contribution in [3.63, 3.8) is 0 Å². The summed E-state index contributed by atoms with van der Waals surface area (Å²) >= 11 is 0. The second kappa shape index (κ2) is 14.2. The molecule has 0 atom stereocenters. The molecule has 0 aliphatic rings. The van der Waals surface area contributed by atoms with Crippen LogP contribution in [0, 0.1) is 11.5 Å². The average molecular weight is 346 g/mol. The van der Waals surface area contributed by atoms with Crippen LogP contribution in [0.25, 0.3) is 0 Å². The lowest BCUT2D eigenvalue weighted by atomic mass is 9.89. The Balaban J connectivity index is 1.73. The Hall–Kier alpha value is -1.05. The lowest BCUT2D eigenvalue weighted by molar-refractivity contribution is 0.356. The molecule has 25 heavy (non-hydrogen) atoms. The maximum atomic E-state index is 3.98. The second-order valence-corrected chi connectivity index (χ2v) is 8.63. The Bertz CT molecular complexity index is 394. The van der Waals surface area contributed by atoms with Crippen LogP contribution in [0.15, 0.2) is 18.5 Å². The van der Waals surface area contributed by atoms with Crippen molar-refractivity contribution in [1.82, 2.24) is 4.98 Å². The van der Waals surface area contributed by atoms with E-state index in [0.717, 1.165) is 12.2 Å². The summed E-state index contributed by atoms with van der Waals surface area (Å²) in [7, 11) is 0. The van der Waals surface area contributed by atoms with Crippen LogP contribution in [0.5, 0.6) is 0 Å². The van der Waals surface area contributed by atoms with Gasteiger partial charge in [0.1, 0.15) is 0 Å². The number of pyridine rings is 1. The van der Waals surface area contributed by atoms with E-state index in [0.29, 0.717) is 5.41 Å². The molecule has 0 fully saturated rings. The van der Waals surface area contributed by atoms with Crippen LogP contribution in [0.3, 0.4) is 0 Å². The number of hydrogen-bond donors (Lipinski definition) is 1. The van der Waals surface area contributed by atoms with Gasteiger partial charge in [0, 0.05) is 30.7 Å². The topological polar surface area (TPSA) is 24.9 Å². The molecule has 1 rings (SSSR count). The fourth-order valence-corrected chi connectivity index (χ4v) is 3.20. The van der Waals surface area contributed by atoms with Crippen LogP contribution < -0.4 is 5.32 Å². The van der Waals surface area contributed by atoms with Gasteiger partial charge in [-0.25, -0.2) is 0 Å². The van der Waals surface area contributed by atoms with Gasteiger partial charge >= 0.3 is 0 Å². The summed E-state index contributed by atoms with van der Waals surface area (Å²) in [5.41, 5.74) is 1.58. The van der Waals surface area contributed by atoms with E-state index in [4.69, 9.17) is 0 Å². The van der Waals surface area contributed by atoms with Crippen molar-refractivity contribution in [2.75, 3.05) is 11.9 Å². The summed E-state index contributed by atoms with van der Waals surface area (Å²) in [5.74, 6) is 0. The van der Waals surface area contributed by atoms with E-state index < -0.39 is 0 Å². The molecule has 1 N–H and O–H groups in total. The van der Waals surface area contributed by atoms with E-state index in [2.05, 4.69) is 37.1 Å². The maximum Gasteiger partial charge on any atom is 0.0452 e. The maximum absolute atomic E-state index is 3.98. The number of nitrogens with zero attached hydrogens (tertiary/aromatic N) is 1. The monoisotopic (exact) mass is 345 g/mol. The van der Waals surface area contributed by atoms with Gasteiger partial charge in [0.2, 0.25) is 0 Å². The second-order valence-electron chi connectivity index (χ2n) is 8.63. The van der Waals surface area contributed by atoms with Crippen molar-refractivity contribution in [2.45, 2.75) is 104 Å². The molecule has 143 valence electrons. The van der Waals surface area contributed by atoms with Crippen LogP contribution in [-0.2, 0) is 0 Å². The van der Waals surface area contributed by atoms with Crippen LogP contribution in [-0.4, -0.2) is 11.5 Å². The molecule has 2 heteroatoms. The van der Waals surface area contributed by atoms with Gasteiger partial charge in [0.25, 0.3) is 0 Å². The molecule has 0 unspecified atom stereocenters. The van der Waals surface area contributed by atoms with Crippen molar-refractivity contribution in [1.29, 1.82) is 0 Å². The number of nitrogens with one attached hydrogen (secondary N) is 1. The minimum Gasteiger partial charge on any atom is -0.384 e. The molecule has 1 aromatic heterocycles. The Morgan fingerprint density at radius 2 is 1.32 bits per heavy atom. The van der Waals surface area contributed by atoms with Gasteiger partial charge in [0.05, 0.1) is 0 Å². The van der Waals surface area contributed by atoms with E-state index in [-0.39, 0.29) is 0 Å². The van der Waals surface area contributed by atoms with E-state index in [1.165, 1.54) is 83.5 Å². The van der Waals surface area contributed by atoms with Gasteiger partial charge < -0.3 is 5.32 Å². The summed E-state index contributed by atoms with van der Waals surface area (Å²) in [6, 6.07) is 5.08. The summed E-state index contributed by atoms with van der Waals surface area (Å²) in [4.78, 5) is 3.98. The van der Waals surface area contributed by atoms with Crippen molar-refractivity contribution < 1.29 is 0 Å². The number of anilines is 1. The van der Waals surface area contributed by atoms with Gasteiger partial charge in [0.15, 0.2) is 0 Å². The van der Waals surface area contributed by atoms with Crippen LogP contribution in [0.1, 0.15) is 104 Å². The molecule has 0 aromatic carbocycles. The van der Waals surface area contributed by atoms with Crippen LogP contribution in [0.2, 0.25) is 0 Å². The van der Waals surface area contributed by atoms with Gasteiger partial charge in [-0.3, -0.25) is 4.98 Å². The first-order valence-electron chi connectivity index (χ1n) is 10.6. The Morgan fingerprint density at radius 3 is 1.80 bits per heavy atom. The standard InChI is InChI=1S/C23H41N2/c1-23(2,3)18-14-12-10-8-6-4-5-7-9-11-13-15-19-25-22-16-20-24-21-17-22/h16,20-21H,4-15,18-19H2,1-3H3,(H,24,25). The largest absolute Gasteiger partial charge is 0.384 e. The first-order valence-corrected chi connectivity index (χ1v) is 10.6. The summed E-state index contributed by atoms with van der Waals surface area (Å²) in [5, 5.41) is 3.40. The Morgan fingerprint density at radius 1 is 0.800 bits per heavy atom. The SMILES string of the molecule is CC(C)(C)CCCCCCCCCCCCCCNc1[c]cncc1. The predicted molar refractivity (Wildman–Crippen MR) is 111 cm³/mol. The third-order valence-electron chi connectivity index (χ3n) is 4.79.